The van der Waals surface area contributed by atoms with Crippen molar-refractivity contribution >= 4 is 5.97 Å². The number of aliphatic hydroxyl groups excluding tert-OH is 1. The van der Waals surface area contributed by atoms with Gasteiger partial charge in [0.25, 0.3) is 0 Å². The highest BCUT2D eigenvalue weighted by Crippen LogP contribution is 2.29. The highest BCUT2D eigenvalue weighted by Gasteiger charge is 2.22. The number of aliphatic carboxylic acids is 1. The molecule has 0 amide bonds. The van der Waals surface area contributed by atoms with Crippen LogP contribution in [0, 0.1) is 0 Å². The molecule has 3 rings (SSSR count). The Morgan fingerprint density at radius 1 is 1.26 bits per heavy atom. The predicted molar refractivity (Wildman–Crippen MR) is 87.9 cm³/mol. The van der Waals surface area contributed by atoms with E-state index in [1.165, 1.54) is 24.9 Å². The van der Waals surface area contributed by atoms with E-state index in [9.17, 15) is 4.79 Å². The largest absolute Gasteiger partial charge is 0.479 e. The summed E-state index contributed by atoms with van der Waals surface area (Å²) in [6, 6.07) is 13.1. The fourth-order valence-electron chi connectivity index (χ4n) is 2.68. The van der Waals surface area contributed by atoms with Gasteiger partial charge in [-0.1, -0.05) is 36.4 Å². The molecule has 1 aliphatic heterocycles. The van der Waals surface area contributed by atoms with Crippen molar-refractivity contribution in [2.45, 2.75) is 25.0 Å². The van der Waals surface area contributed by atoms with Crippen molar-refractivity contribution < 1.29 is 15.0 Å². The van der Waals surface area contributed by atoms with Crippen LogP contribution in [0.15, 0.2) is 54.9 Å². The second-order valence-corrected chi connectivity index (χ2v) is 5.58. The molecule has 1 aliphatic rings. The van der Waals surface area contributed by atoms with Crippen LogP contribution < -0.4 is 0 Å². The molecule has 0 bridgehead atoms. The van der Waals surface area contributed by atoms with Crippen molar-refractivity contribution in [1.82, 2.24) is 9.88 Å². The summed E-state index contributed by atoms with van der Waals surface area (Å²) >= 11 is 0. The van der Waals surface area contributed by atoms with Gasteiger partial charge in [0.15, 0.2) is 6.10 Å². The first kappa shape index (κ1) is 17.1. The second-order valence-electron chi connectivity index (χ2n) is 5.58. The predicted octanol–water partition coefficient (Wildman–Crippen LogP) is 2.65. The monoisotopic (exact) mass is 314 g/mol. The summed E-state index contributed by atoms with van der Waals surface area (Å²) in [6.07, 6.45) is 5.00. The van der Waals surface area contributed by atoms with Crippen LogP contribution in [0.2, 0.25) is 0 Å². The normalized spacial score (nSPS) is 18.8. The van der Waals surface area contributed by atoms with Crippen LogP contribution >= 0.6 is 0 Å². The third-order valence-corrected chi connectivity index (χ3v) is 3.94. The number of carboxylic acid groups (broad SMARTS) is 1. The molecule has 1 fully saturated rings. The van der Waals surface area contributed by atoms with Crippen LogP contribution in [0.25, 0.3) is 0 Å². The number of hydrogen-bond acceptors (Lipinski definition) is 4. The maximum absolute atomic E-state index is 10.2. The molecule has 0 aliphatic carbocycles. The van der Waals surface area contributed by atoms with Gasteiger partial charge in [0.1, 0.15) is 0 Å². The van der Waals surface area contributed by atoms with Crippen LogP contribution in [-0.2, 0) is 4.79 Å². The number of aliphatic hydroxyl groups is 1. The van der Waals surface area contributed by atoms with Crippen molar-refractivity contribution in [1.29, 1.82) is 0 Å². The number of carbonyl (C=O) groups is 1. The average Bonchev–Trinajstić information content (AvgIpc) is 3.02. The molecule has 0 radical (unpaired) electrons. The van der Waals surface area contributed by atoms with E-state index in [1.54, 1.807) is 30.3 Å². The topological polar surface area (TPSA) is 73.7 Å². The summed E-state index contributed by atoms with van der Waals surface area (Å²) in [5, 5.41) is 17.4. The van der Waals surface area contributed by atoms with Crippen molar-refractivity contribution in [3.05, 3.63) is 66.0 Å². The number of nitrogens with zero attached hydrogens (tertiary/aromatic N) is 2. The zero-order valence-corrected chi connectivity index (χ0v) is 13.2. The Morgan fingerprint density at radius 2 is 2.00 bits per heavy atom. The molecule has 0 saturated carbocycles. The van der Waals surface area contributed by atoms with E-state index in [0.29, 0.717) is 11.6 Å². The number of rotatable bonds is 3. The third kappa shape index (κ3) is 4.87. The summed E-state index contributed by atoms with van der Waals surface area (Å²) < 4.78 is 0. The van der Waals surface area contributed by atoms with E-state index in [1.807, 2.05) is 18.5 Å². The van der Waals surface area contributed by atoms with Gasteiger partial charge in [0.2, 0.25) is 0 Å². The molecule has 1 unspecified atom stereocenters. The fraction of sp³-hybridized carbons (Fsp3) is 0.333. The summed E-state index contributed by atoms with van der Waals surface area (Å²) in [4.78, 5) is 16.8. The molecule has 5 heteroatoms. The molecule has 2 heterocycles. The first-order valence-electron chi connectivity index (χ1n) is 7.65. The lowest BCUT2D eigenvalue weighted by Gasteiger charge is -2.18. The lowest BCUT2D eigenvalue weighted by atomic mass is 10.1. The Balaban J connectivity index is 0.000000168. The molecule has 1 aromatic heterocycles. The van der Waals surface area contributed by atoms with E-state index in [2.05, 4.69) is 23.0 Å². The lowest BCUT2D eigenvalue weighted by molar-refractivity contribution is -0.146. The van der Waals surface area contributed by atoms with Crippen LogP contribution in [0.1, 0.15) is 36.1 Å². The average molecular weight is 314 g/mol. The molecule has 23 heavy (non-hydrogen) atoms. The summed E-state index contributed by atoms with van der Waals surface area (Å²) in [6.45, 7) is 1.22. The number of hydrogen-bond donors (Lipinski definition) is 2. The van der Waals surface area contributed by atoms with Gasteiger partial charge in [-0.15, -0.1) is 0 Å². The lowest BCUT2D eigenvalue weighted by Crippen LogP contribution is -2.17. The molecule has 5 nitrogen and oxygen atoms in total. The van der Waals surface area contributed by atoms with Gasteiger partial charge in [0, 0.05) is 18.4 Å². The Morgan fingerprint density at radius 3 is 2.52 bits per heavy atom. The number of likely N-dealkylation sites (tertiary alicyclic amines) is 1. The van der Waals surface area contributed by atoms with Gasteiger partial charge in [-0.2, -0.15) is 0 Å². The maximum Gasteiger partial charge on any atom is 0.337 e. The molecule has 1 saturated heterocycles. The quantitative estimate of drug-likeness (QED) is 0.911. The highest BCUT2D eigenvalue weighted by molar-refractivity contribution is 5.73. The molecular weight excluding hydrogens is 292 g/mol. The van der Waals surface area contributed by atoms with E-state index in [-0.39, 0.29) is 0 Å². The van der Waals surface area contributed by atoms with Gasteiger partial charge < -0.3 is 10.2 Å². The number of benzene rings is 1. The smallest absolute Gasteiger partial charge is 0.337 e. The van der Waals surface area contributed by atoms with Gasteiger partial charge in [0.05, 0.1) is 0 Å². The van der Waals surface area contributed by atoms with Crippen molar-refractivity contribution in [2.24, 2.45) is 0 Å². The third-order valence-electron chi connectivity index (χ3n) is 3.94. The van der Waals surface area contributed by atoms with Crippen molar-refractivity contribution in [2.75, 3.05) is 13.6 Å². The molecular formula is C18H22N2O3. The van der Waals surface area contributed by atoms with Crippen LogP contribution in [0.5, 0.6) is 0 Å². The first-order valence-corrected chi connectivity index (χ1v) is 7.65. The highest BCUT2D eigenvalue weighted by atomic mass is 16.4. The summed E-state index contributed by atoms with van der Waals surface area (Å²) in [5.74, 6) is -1.23. The van der Waals surface area contributed by atoms with Gasteiger partial charge in [-0.3, -0.25) is 9.88 Å². The van der Waals surface area contributed by atoms with Gasteiger partial charge >= 0.3 is 5.97 Å². The Bertz CT molecular complexity index is 604. The number of aromatic nitrogens is 1. The van der Waals surface area contributed by atoms with E-state index in [0.717, 1.165) is 0 Å². The summed E-state index contributed by atoms with van der Waals surface area (Å²) in [7, 11) is 2.19. The summed E-state index contributed by atoms with van der Waals surface area (Å²) in [5.41, 5.74) is 1.76. The van der Waals surface area contributed by atoms with Gasteiger partial charge in [-0.05, 0) is 43.6 Å². The SMILES string of the molecule is CN1CCC[C@@H]1c1cccnc1.O=C(O)C(O)c1ccccc1. The number of pyridine rings is 1. The standard InChI is InChI=1S/C10H14N2.C8H8O3/c1-12-7-3-5-10(12)9-4-2-6-11-8-9;9-7(8(10)11)6-4-2-1-3-5-6/h2,4,6,8,10H,3,5,7H2,1H3;1-5,7,9H,(H,10,11)/t10-;/m1./s1. The number of carboxylic acids is 1. The van der Waals surface area contributed by atoms with E-state index >= 15 is 0 Å². The second kappa shape index (κ2) is 8.41. The van der Waals surface area contributed by atoms with Gasteiger partial charge in [-0.25, -0.2) is 4.79 Å². The molecule has 2 atom stereocenters. The fourth-order valence-corrected chi connectivity index (χ4v) is 2.68. The van der Waals surface area contributed by atoms with E-state index < -0.39 is 12.1 Å². The molecule has 122 valence electrons. The minimum absolute atomic E-state index is 0.403. The van der Waals surface area contributed by atoms with Crippen LogP contribution in [0.4, 0.5) is 0 Å². The molecule has 2 N–H and O–H groups in total. The zero-order valence-electron chi connectivity index (χ0n) is 13.2. The minimum Gasteiger partial charge on any atom is -0.479 e. The van der Waals surface area contributed by atoms with Crippen molar-refractivity contribution in [3.63, 3.8) is 0 Å². The van der Waals surface area contributed by atoms with E-state index in [4.69, 9.17) is 10.2 Å². The van der Waals surface area contributed by atoms with Crippen LogP contribution in [0.3, 0.4) is 0 Å². The van der Waals surface area contributed by atoms with Crippen molar-refractivity contribution in [3.8, 4) is 0 Å². The minimum atomic E-state index is -1.41. The zero-order chi connectivity index (χ0) is 16.7. The molecule has 2 aromatic rings. The molecule has 0 spiro atoms. The Hall–Kier alpha value is -2.24. The Kier molecular flexibility index (Phi) is 6.26. The first-order chi connectivity index (χ1) is 11.1. The maximum atomic E-state index is 10.2. The molecule has 1 aromatic carbocycles. The Labute approximate surface area is 136 Å². The van der Waals surface area contributed by atoms with Crippen LogP contribution in [-0.4, -0.2) is 39.7 Å².